The fourth-order valence-electron chi connectivity index (χ4n) is 3.17. The molecule has 2 aromatic rings. The lowest BCUT2D eigenvalue weighted by Crippen LogP contribution is -2.36. The predicted molar refractivity (Wildman–Crippen MR) is 109 cm³/mol. The summed E-state index contributed by atoms with van der Waals surface area (Å²) >= 11 is 0. The number of amides is 2. The lowest BCUT2D eigenvalue weighted by Gasteiger charge is -2.29. The zero-order chi connectivity index (χ0) is 20.8. The summed E-state index contributed by atoms with van der Waals surface area (Å²) in [6, 6.07) is 1.86. The van der Waals surface area contributed by atoms with Gasteiger partial charge in [0.2, 0.25) is 0 Å². The van der Waals surface area contributed by atoms with Crippen molar-refractivity contribution in [3.8, 4) is 0 Å². The number of primary amides is 1. The molecule has 2 aromatic heterocycles. The van der Waals surface area contributed by atoms with E-state index in [9.17, 15) is 9.59 Å². The average molecular weight is 387 g/mol. The molecule has 3 rings (SSSR count). The number of hydrogen-bond acceptors (Lipinski definition) is 5. The van der Waals surface area contributed by atoms with E-state index in [1.807, 2.05) is 6.07 Å². The molecule has 0 aromatic carbocycles. The van der Waals surface area contributed by atoms with Crippen LogP contribution in [0.3, 0.4) is 0 Å². The number of cyclic esters (lactones) is 1. The molecule has 1 fully saturated rings. The largest absolute Gasteiger partial charge is 0.447 e. The summed E-state index contributed by atoms with van der Waals surface area (Å²) in [5, 5.41) is 7.74. The monoisotopic (exact) mass is 387 g/mol. The first-order valence-corrected chi connectivity index (χ1v) is 9.54. The summed E-state index contributed by atoms with van der Waals surface area (Å²) in [6.07, 6.45) is 2.86. The number of carbonyl (C=O) groups excluding carboxylic acids is 2. The second kappa shape index (κ2) is 7.00. The first-order chi connectivity index (χ1) is 13.0. The van der Waals surface area contributed by atoms with E-state index in [-0.39, 0.29) is 29.5 Å². The van der Waals surface area contributed by atoms with Crippen LogP contribution in [0.25, 0.3) is 5.52 Å². The van der Waals surface area contributed by atoms with Crippen molar-refractivity contribution in [2.75, 3.05) is 16.8 Å². The van der Waals surface area contributed by atoms with Crippen LogP contribution in [0.5, 0.6) is 0 Å². The van der Waals surface area contributed by atoms with Crippen LogP contribution in [0.1, 0.15) is 51.9 Å². The predicted octanol–water partition coefficient (Wildman–Crippen LogP) is 3.26. The second-order valence-electron chi connectivity index (χ2n) is 8.82. The number of fused-ring (bicyclic) bond motifs is 1. The van der Waals surface area contributed by atoms with Gasteiger partial charge in [-0.1, -0.05) is 34.6 Å². The maximum atomic E-state index is 12.3. The van der Waals surface area contributed by atoms with Crippen LogP contribution in [0.2, 0.25) is 0 Å². The molecular formula is C20H29N5O3. The highest BCUT2D eigenvalue weighted by Gasteiger charge is 2.37. The fraction of sp³-hybridized carbons (Fsp3) is 0.550. The molecule has 0 aliphatic carbocycles. The Morgan fingerprint density at radius 1 is 1.36 bits per heavy atom. The van der Waals surface area contributed by atoms with Crippen molar-refractivity contribution in [3.63, 3.8) is 0 Å². The minimum Gasteiger partial charge on any atom is -0.447 e. The average Bonchev–Trinajstić information content (AvgIpc) is 3.16. The third-order valence-electron chi connectivity index (χ3n) is 5.50. The standard InChI is InChI=1S/C20H29N5O3/c1-11(2)16-10-28-19(27)25(16)13-7-15-17(23-12(3)20(4,5)6)14(18(21)26)8-22-24(15)9-13/h7-9,11-12,16,23H,10H2,1-6H3,(H2,21,26)/t12-,16-/m1/s1. The van der Waals surface area contributed by atoms with Crippen molar-refractivity contribution in [3.05, 3.63) is 24.0 Å². The van der Waals surface area contributed by atoms with Gasteiger partial charge in [0.25, 0.3) is 5.91 Å². The van der Waals surface area contributed by atoms with Gasteiger partial charge < -0.3 is 15.8 Å². The van der Waals surface area contributed by atoms with Crippen LogP contribution in [0.15, 0.2) is 18.5 Å². The summed E-state index contributed by atoms with van der Waals surface area (Å²) in [5.41, 5.74) is 7.85. The van der Waals surface area contributed by atoms with E-state index in [2.05, 4.69) is 52.0 Å². The van der Waals surface area contributed by atoms with Gasteiger partial charge in [0.15, 0.2) is 0 Å². The van der Waals surface area contributed by atoms with Crippen LogP contribution >= 0.6 is 0 Å². The molecule has 0 radical (unpaired) electrons. The third kappa shape index (κ3) is 3.50. The molecule has 0 bridgehead atoms. The van der Waals surface area contributed by atoms with Gasteiger partial charge in [0, 0.05) is 6.04 Å². The van der Waals surface area contributed by atoms with E-state index in [4.69, 9.17) is 10.5 Å². The van der Waals surface area contributed by atoms with E-state index in [0.717, 1.165) is 0 Å². The molecule has 1 aliphatic heterocycles. The number of anilines is 2. The fourth-order valence-corrected chi connectivity index (χ4v) is 3.17. The molecule has 2 amide bonds. The van der Waals surface area contributed by atoms with Crippen LogP contribution < -0.4 is 16.0 Å². The lowest BCUT2D eigenvalue weighted by atomic mass is 9.88. The molecule has 3 N–H and O–H groups in total. The number of nitrogens with zero attached hydrogens (tertiary/aromatic N) is 3. The SMILES string of the molecule is CC(C)[C@H]1COC(=O)N1c1cc2c(N[C@H](C)C(C)(C)C)c(C(N)=O)cnn2c1. The van der Waals surface area contributed by atoms with E-state index >= 15 is 0 Å². The number of rotatable bonds is 5. The normalized spacial score (nSPS) is 18.6. The van der Waals surface area contributed by atoms with Crippen molar-refractivity contribution in [2.45, 2.75) is 53.6 Å². The highest BCUT2D eigenvalue weighted by molar-refractivity contribution is 6.03. The molecule has 0 saturated carbocycles. The highest BCUT2D eigenvalue weighted by atomic mass is 16.6. The summed E-state index contributed by atoms with van der Waals surface area (Å²) < 4.78 is 6.91. The smallest absolute Gasteiger partial charge is 0.414 e. The molecule has 152 valence electrons. The van der Waals surface area contributed by atoms with E-state index in [1.54, 1.807) is 15.6 Å². The quantitative estimate of drug-likeness (QED) is 0.820. The first-order valence-electron chi connectivity index (χ1n) is 9.54. The first kappa shape index (κ1) is 20.0. The summed E-state index contributed by atoms with van der Waals surface area (Å²) in [4.78, 5) is 26.0. The van der Waals surface area contributed by atoms with Crippen molar-refractivity contribution in [2.24, 2.45) is 17.1 Å². The van der Waals surface area contributed by atoms with Crippen LogP contribution in [-0.2, 0) is 4.74 Å². The Kier molecular flexibility index (Phi) is 4.99. The maximum absolute atomic E-state index is 12.3. The van der Waals surface area contributed by atoms with E-state index < -0.39 is 5.91 Å². The minimum atomic E-state index is -0.554. The van der Waals surface area contributed by atoms with E-state index in [0.29, 0.717) is 29.1 Å². The zero-order valence-electron chi connectivity index (χ0n) is 17.3. The van der Waals surface area contributed by atoms with E-state index in [1.165, 1.54) is 6.20 Å². The molecule has 1 saturated heterocycles. The number of nitrogens with one attached hydrogen (secondary N) is 1. The Morgan fingerprint density at radius 2 is 2.04 bits per heavy atom. The van der Waals surface area contributed by atoms with Gasteiger partial charge in [0.1, 0.15) is 6.61 Å². The maximum Gasteiger partial charge on any atom is 0.414 e. The van der Waals surface area contributed by atoms with Gasteiger partial charge in [0.05, 0.1) is 40.9 Å². The van der Waals surface area contributed by atoms with Crippen molar-refractivity contribution >= 4 is 28.9 Å². The van der Waals surface area contributed by atoms with Gasteiger partial charge in [-0.05, 0) is 24.3 Å². The van der Waals surface area contributed by atoms with Crippen LogP contribution in [0, 0.1) is 11.3 Å². The van der Waals surface area contributed by atoms with Crippen molar-refractivity contribution in [1.29, 1.82) is 0 Å². The van der Waals surface area contributed by atoms with Crippen molar-refractivity contribution < 1.29 is 14.3 Å². The molecular weight excluding hydrogens is 358 g/mol. The van der Waals surface area contributed by atoms with Gasteiger partial charge in [-0.25, -0.2) is 9.31 Å². The van der Waals surface area contributed by atoms with Gasteiger partial charge in [-0.2, -0.15) is 5.10 Å². The zero-order valence-corrected chi connectivity index (χ0v) is 17.3. The third-order valence-corrected chi connectivity index (χ3v) is 5.50. The van der Waals surface area contributed by atoms with Crippen molar-refractivity contribution in [1.82, 2.24) is 9.61 Å². The number of nitrogens with two attached hydrogens (primary N) is 1. The molecule has 0 unspecified atom stereocenters. The van der Waals surface area contributed by atoms with Crippen LogP contribution in [-0.4, -0.2) is 40.3 Å². The Labute approximate surface area is 165 Å². The Morgan fingerprint density at radius 3 is 2.61 bits per heavy atom. The lowest BCUT2D eigenvalue weighted by molar-refractivity contribution is 0.100. The minimum absolute atomic E-state index is 0.0356. The molecule has 28 heavy (non-hydrogen) atoms. The molecule has 0 spiro atoms. The molecule has 3 heterocycles. The van der Waals surface area contributed by atoms with Gasteiger partial charge >= 0.3 is 6.09 Å². The molecule has 1 aliphatic rings. The Bertz CT molecular complexity index is 912. The molecule has 8 heteroatoms. The topological polar surface area (TPSA) is 102 Å². The summed E-state index contributed by atoms with van der Waals surface area (Å²) in [5.74, 6) is -0.316. The summed E-state index contributed by atoms with van der Waals surface area (Å²) in [7, 11) is 0. The summed E-state index contributed by atoms with van der Waals surface area (Å²) in [6.45, 7) is 12.9. The number of ether oxygens (including phenoxy) is 1. The van der Waals surface area contributed by atoms with Gasteiger partial charge in [-0.15, -0.1) is 0 Å². The number of aromatic nitrogens is 2. The Hall–Kier alpha value is -2.77. The molecule has 2 atom stereocenters. The Balaban J connectivity index is 2.12. The second-order valence-corrected chi connectivity index (χ2v) is 8.82. The molecule has 8 nitrogen and oxygen atoms in total. The highest BCUT2D eigenvalue weighted by Crippen LogP contribution is 2.33. The number of carbonyl (C=O) groups is 2. The number of hydrogen-bond donors (Lipinski definition) is 2. The van der Waals surface area contributed by atoms with Crippen LogP contribution in [0.4, 0.5) is 16.2 Å². The van der Waals surface area contributed by atoms with Gasteiger partial charge in [-0.3, -0.25) is 9.69 Å².